The third-order valence-electron chi connectivity index (χ3n) is 4.25. The largest absolute Gasteiger partial charge is 0.497 e. The molecular formula is C21H19N3OS2. The Morgan fingerprint density at radius 1 is 1.19 bits per heavy atom. The van der Waals surface area contributed by atoms with Crippen LogP contribution < -0.4 is 4.74 Å². The molecule has 4 nitrogen and oxygen atoms in total. The average molecular weight is 394 g/mol. The zero-order chi connectivity index (χ0) is 18.6. The minimum absolute atomic E-state index is 0.674. The average Bonchev–Trinajstić information content (AvgIpc) is 3.31. The van der Waals surface area contributed by atoms with E-state index >= 15 is 0 Å². The molecule has 0 aliphatic heterocycles. The molecule has 0 N–H and O–H groups in total. The zero-order valence-electron chi connectivity index (χ0n) is 15.0. The van der Waals surface area contributed by atoms with E-state index in [-0.39, 0.29) is 0 Å². The Morgan fingerprint density at radius 3 is 2.93 bits per heavy atom. The van der Waals surface area contributed by atoms with Gasteiger partial charge in [0, 0.05) is 33.3 Å². The van der Waals surface area contributed by atoms with Crippen LogP contribution in [-0.4, -0.2) is 21.9 Å². The summed E-state index contributed by atoms with van der Waals surface area (Å²) in [6.07, 6.45) is 1.89. The standard InChI is InChI=1S/C21H19N3OS2/c1-3-11-24-20(18-14-26-19-10-5-4-9-17(18)19)22-23-21(24)27-13-15-7-6-8-16(12-15)25-2/h3-10,12,14H,1,11,13H2,2H3. The number of hydrogen-bond donors (Lipinski definition) is 0. The molecule has 0 bridgehead atoms. The number of rotatable bonds is 7. The number of nitrogens with zero attached hydrogens (tertiary/aromatic N) is 3. The quantitative estimate of drug-likeness (QED) is 0.301. The molecule has 6 heteroatoms. The summed E-state index contributed by atoms with van der Waals surface area (Å²) in [5, 5.41) is 13.2. The number of methoxy groups -OCH3 is 1. The maximum Gasteiger partial charge on any atom is 0.192 e. The van der Waals surface area contributed by atoms with E-state index in [1.807, 2.05) is 18.2 Å². The van der Waals surface area contributed by atoms with Crippen LogP contribution in [0, 0.1) is 0 Å². The molecule has 0 aliphatic carbocycles. The smallest absolute Gasteiger partial charge is 0.192 e. The molecule has 27 heavy (non-hydrogen) atoms. The van der Waals surface area contributed by atoms with Gasteiger partial charge in [0.2, 0.25) is 0 Å². The van der Waals surface area contributed by atoms with Crippen molar-refractivity contribution in [3.63, 3.8) is 0 Å². The van der Waals surface area contributed by atoms with Crippen LogP contribution in [0.4, 0.5) is 0 Å². The van der Waals surface area contributed by atoms with Gasteiger partial charge in [0.15, 0.2) is 11.0 Å². The van der Waals surface area contributed by atoms with Crippen LogP contribution in [0.3, 0.4) is 0 Å². The van der Waals surface area contributed by atoms with Crippen molar-refractivity contribution in [2.45, 2.75) is 17.5 Å². The first-order chi connectivity index (χ1) is 13.3. The number of ether oxygens (including phenoxy) is 1. The van der Waals surface area contributed by atoms with Crippen molar-refractivity contribution in [1.29, 1.82) is 0 Å². The van der Waals surface area contributed by atoms with Gasteiger partial charge in [-0.2, -0.15) is 0 Å². The highest BCUT2D eigenvalue weighted by Crippen LogP contribution is 2.35. The first-order valence-corrected chi connectivity index (χ1v) is 10.4. The third-order valence-corrected chi connectivity index (χ3v) is 6.25. The number of thioether (sulfide) groups is 1. The summed E-state index contributed by atoms with van der Waals surface area (Å²) in [6.45, 7) is 4.58. The summed E-state index contributed by atoms with van der Waals surface area (Å²) in [5.41, 5.74) is 2.31. The van der Waals surface area contributed by atoms with Gasteiger partial charge >= 0.3 is 0 Å². The molecule has 2 heterocycles. The molecule has 0 spiro atoms. The Hall–Kier alpha value is -2.57. The predicted molar refractivity (Wildman–Crippen MR) is 114 cm³/mol. The molecule has 0 atom stereocenters. The van der Waals surface area contributed by atoms with Crippen molar-refractivity contribution in [3.05, 3.63) is 72.1 Å². The lowest BCUT2D eigenvalue weighted by Crippen LogP contribution is -2.00. The van der Waals surface area contributed by atoms with Crippen LogP contribution in [0.5, 0.6) is 5.75 Å². The number of hydrogen-bond acceptors (Lipinski definition) is 5. The summed E-state index contributed by atoms with van der Waals surface area (Å²) in [7, 11) is 1.68. The Kier molecular flexibility index (Phi) is 5.27. The van der Waals surface area contributed by atoms with Gasteiger partial charge in [-0.1, -0.05) is 48.2 Å². The Morgan fingerprint density at radius 2 is 2.07 bits per heavy atom. The van der Waals surface area contributed by atoms with Gasteiger partial charge in [-0.15, -0.1) is 28.1 Å². The van der Waals surface area contributed by atoms with Gasteiger partial charge in [0.25, 0.3) is 0 Å². The molecule has 0 fully saturated rings. The molecule has 0 saturated carbocycles. The molecule has 4 aromatic rings. The second kappa shape index (κ2) is 7.98. The van der Waals surface area contributed by atoms with Gasteiger partial charge in [-0.25, -0.2) is 0 Å². The Balaban J connectivity index is 1.65. The van der Waals surface area contributed by atoms with Crippen molar-refractivity contribution >= 4 is 33.2 Å². The van der Waals surface area contributed by atoms with Crippen LogP contribution >= 0.6 is 23.1 Å². The van der Waals surface area contributed by atoms with Crippen LogP contribution in [0.2, 0.25) is 0 Å². The molecule has 2 aromatic carbocycles. The Labute approximate surface area is 166 Å². The summed E-state index contributed by atoms with van der Waals surface area (Å²) < 4.78 is 8.70. The Bertz CT molecular complexity index is 1080. The van der Waals surface area contributed by atoms with Gasteiger partial charge in [-0.3, -0.25) is 4.57 Å². The van der Waals surface area contributed by atoms with Crippen molar-refractivity contribution in [2.75, 3.05) is 7.11 Å². The number of thiophene rings is 1. The number of aromatic nitrogens is 3. The lowest BCUT2D eigenvalue weighted by Gasteiger charge is -2.08. The van der Waals surface area contributed by atoms with Gasteiger partial charge in [0.1, 0.15) is 5.75 Å². The maximum absolute atomic E-state index is 5.31. The van der Waals surface area contributed by atoms with Gasteiger partial charge < -0.3 is 4.74 Å². The minimum Gasteiger partial charge on any atom is -0.497 e. The summed E-state index contributed by atoms with van der Waals surface area (Å²) in [4.78, 5) is 0. The topological polar surface area (TPSA) is 39.9 Å². The first kappa shape index (κ1) is 17.8. The minimum atomic E-state index is 0.674. The molecule has 0 radical (unpaired) electrons. The number of fused-ring (bicyclic) bond motifs is 1. The highest BCUT2D eigenvalue weighted by Gasteiger charge is 2.17. The number of allylic oxidation sites excluding steroid dienone is 1. The van der Waals surface area contributed by atoms with Crippen molar-refractivity contribution in [3.8, 4) is 17.1 Å². The summed E-state index contributed by atoms with van der Waals surface area (Å²) >= 11 is 3.40. The fraction of sp³-hybridized carbons (Fsp3) is 0.143. The first-order valence-electron chi connectivity index (χ1n) is 8.56. The molecule has 4 rings (SSSR count). The zero-order valence-corrected chi connectivity index (χ0v) is 16.6. The summed E-state index contributed by atoms with van der Waals surface area (Å²) in [5.74, 6) is 2.56. The van der Waals surface area contributed by atoms with E-state index in [2.05, 4.69) is 63.1 Å². The van der Waals surface area contributed by atoms with Crippen molar-refractivity contribution in [1.82, 2.24) is 14.8 Å². The summed E-state index contributed by atoms with van der Waals surface area (Å²) in [6, 6.07) is 16.5. The van der Waals surface area contributed by atoms with Crippen LogP contribution in [0.15, 0.2) is 71.7 Å². The second-order valence-electron chi connectivity index (χ2n) is 5.99. The van der Waals surface area contributed by atoms with E-state index in [0.29, 0.717) is 6.54 Å². The van der Waals surface area contributed by atoms with E-state index < -0.39 is 0 Å². The fourth-order valence-corrected chi connectivity index (χ4v) is 4.78. The molecule has 136 valence electrons. The normalized spacial score (nSPS) is 11.0. The van der Waals surface area contributed by atoms with Gasteiger partial charge in [0.05, 0.1) is 7.11 Å². The molecular weight excluding hydrogens is 374 g/mol. The van der Waals surface area contributed by atoms with Crippen LogP contribution in [0.25, 0.3) is 21.5 Å². The molecule has 0 unspecified atom stereocenters. The maximum atomic E-state index is 5.31. The second-order valence-corrected chi connectivity index (χ2v) is 7.84. The van der Waals surface area contributed by atoms with E-state index in [1.165, 1.54) is 15.6 Å². The SMILES string of the molecule is C=CCn1c(SCc2cccc(OC)c2)nnc1-c1csc2ccccc12. The lowest BCUT2D eigenvalue weighted by molar-refractivity contribution is 0.414. The lowest BCUT2D eigenvalue weighted by atomic mass is 10.1. The highest BCUT2D eigenvalue weighted by molar-refractivity contribution is 7.98. The van der Waals surface area contributed by atoms with E-state index in [0.717, 1.165) is 28.0 Å². The molecule has 0 aliphatic rings. The van der Waals surface area contributed by atoms with Crippen LogP contribution in [0.1, 0.15) is 5.56 Å². The van der Waals surface area contributed by atoms with E-state index in [4.69, 9.17) is 4.74 Å². The van der Waals surface area contributed by atoms with Gasteiger partial charge in [-0.05, 0) is 23.8 Å². The van der Waals surface area contributed by atoms with E-state index in [1.54, 1.807) is 30.2 Å². The molecule has 2 aromatic heterocycles. The number of benzene rings is 2. The predicted octanol–water partition coefficient (Wildman–Crippen LogP) is 5.65. The van der Waals surface area contributed by atoms with E-state index in [9.17, 15) is 0 Å². The van der Waals surface area contributed by atoms with Crippen molar-refractivity contribution < 1.29 is 4.74 Å². The van der Waals surface area contributed by atoms with Crippen LogP contribution in [-0.2, 0) is 12.3 Å². The van der Waals surface area contributed by atoms with Crippen molar-refractivity contribution in [2.24, 2.45) is 0 Å². The molecule has 0 amide bonds. The fourth-order valence-electron chi connectivity index (χ4n) is 2.95. The monoisotopic (exact) mass is 393 g/mol. The highest BCUT2D eigenvalue weighted by atomic mass is 32.2. The third kappa shape index (κ3) is 3.63. The molecule has 0 saturated heterocycles.